The van der Waals surface area contributed by atoms with Crippen molar-refractivity contribution in [1.82, 2.24) is 9.97 Å². The van der Waals surface area contributed by atoms with E-state index in [-0.39, 0.29) is 0 Å². The smallest absolute Gasteiger partial charge is 0.159 e. The normalized spacial score (nSPS) is 10.5. The van der Waals surface area contributed by atoms with Crippen molar-refractivity contribution < 1.29 is 0 Å². The van der Waals surface area contributed by atoms with Gasteiger partial charge in [0.05, 0.1) is 5.52 Å². The van der Waals surface area contributed by atoms with Crippen LogP contribution in [0, 0.1) is 0 Å². The predicted molar refractivity (Wildman–Crippen MR) is 77.6 cm³/mol. The number of benzene rings is 2. The van der Waals surface area contributed by atoms with Crippen molar-refractivity contribution in [2.24, 2.45) is 0 Å². The SMILES string of the molecule is CBc1ccc2nc(-c3ccccc3)ncc2c1. The summed E-state index contributed by atoms with van der Waals surface area (Å²) in [5.41, 5.74) is 3.37. The minimum Gasteiger partial charge on any atom is -0.236 e. The van der Waals surface area contributed by atoms with E-state index in [4.69, 9.17) is 0 Å². The highest BCUT2D eigenvalue weighted by Crippen LogP contribution is 2.17. The Morgan fingerprint density at radius 1 is 1.00 bits per heavy atom. The Kier molecular flexibility index (Phi) is 2.81. The van der Waals surface area contributed by atoms with E-state index in [0.29, 0.717) is 0 Å². The lowest BCUT2D eigenvalue weighted by Crippen LogP contribution is -2.09. The second-order valence-electron chi connectivity index (χ2n) is 4.31. The minimum atomic E-state index is 0.785. The molecule has 18 heavy (non-hydrogen) atoms. The molecule has 0 aliphatic carbocycles. The maximum absolute atomic E-state index is 4.61. The van der Waals surface area contributed by atoms with Gasteiger partial charge >= 0.3 is 0 Å². The number of aromatic nitrogens is 2. The van der Waals surface area contributed by atoms with Gasteiger partial charge in [-0.3, -0.25) is 0 Å². The van der Waals surface area contributed by atoms with Gasteiger partial charge in [0.2, 0.25) is 0 Å². The zero-order valence-corrected chi connectivity index (χ0v) is 10.3. The first-order valence-electron chi connectivity index (χ1n) is 6.18. The summed E-state index contributed by atoms with van der Waals surface area (Å²) < 4.78 is 0. The quantitative estimate of drug-likeness (QED) is 0.634. The van der Waals surface area contributed by atoms with Crippen LogP contribution in [0.25, 0.3) is 22.3 Å². The van der Waals surface area contributed by atoms with Gasteiger partial charge in [-0.15, -0.1) is 0 Å². The van der Waals surface area contributed by atoms with E-state index in [1.54, 1.807) is 0 Å². The number of nitrogens with zero attached hydrogens (tertiary/aromatic N) is 2. The van der Waals surface area contributed by atoms with Crippen LogP contribution in [0.1, 0.15) is 0 Å². The molecule has 0 aliphatic heterocycles. The van der Waals surface area contributed by atoms with Crippen LogP contribution in [0.3, 0.4) is 0 Å². The molecule has 1 aromatic heterocycles. The van der Waals surface area contributed by atoms with Gasteiger partial charge in [-0.2, -0.15) is 0 Å². The van der Waals surface area contributed by atoms with Crippen LogP contribution in [0.2, 0.25) is 6.82 Å². The van der Waals surface area contributed by atoms with E-state index in [9.17, 15) is 0 Å². The summed E-state index contributed by atoms with van der Waals surface area (Å²) in [7, 11) is 1.04. The lowest BCUT2D eigenvalue weighted by Gasteiger charge is -2.03. The van der Waals surface area contributed by atoms with Crippen LogP contribution < -0.4 is 5.46 Å². The van der Waals surface area contributed by atoms with Crippen molar-refractivity contribution in [3.05, 3.63) is 54.7 Å². The van der Waals surface area contributed by atoms with Gasteiger partial charge in [-0.05, 0) is 6.07 Å². The molecule has 0 fully saturated rings. The van der Waals surface area contributed by atoms with Gasteiger partial charge in [0.1, 0.15) is 0 Å². The summed E-state index contributed by atoms with van der Waals surface area (Å²) >= 11 is 0. The molecule has 0 unspecified atom stereocenters. The van der Waals surface area contributed by atoms with Crippen LogP contribution in [0.4, 0.5) is 0 Å². The summed E-state index contributed by atoms with van der Waals surface area (Å²) in [6.45, 7) is 2.15. The fourth-order valence-corrected chi connectivity index (χ4v) is 2.03. The third kappa shape index (κ3) is 1.99. The Hall–Kier alpha value is -2.16. The molecule has 3 heteroatoms. The third-order valence-electron chi connectivity index (χ3n) is 3.08. The molecule has 3 rings (SSSR count). The molecule has 86 valence electrons. The summed E-state index contributed by atoms with van der Waals surface area (Å²) in [6.07, 6.45) is 1.91. The van der Waals surface area contributed by atoms with Crippen molar-refractivity contribution >= 4 is 23.6 Å². The molecule has 1 heterocycles. The summed E-state index contributed by atoms with van der Waals surface area (Å²) in [5, 5.41) is 1.11. The second kappa shape index (κ2) is 4.61. The molecule has 0 spiro atoms. The average Bonchev–Trinajstić information content (AvgIpc) is 2.47. The Morgan fingerprint density at radius 2 is 1.83 bits per heavy atom. The van der Waals surface area contributed by atoms with Crippen molar-refractivity contribution in [1.29, 1.82) is 0 Å². The standard InChI is InChI=1S/C15H13BN2/c1-16-13-7-8-14-12(9-13)10-17-15(18-14)11-5-3-2-4-6-11/h2-10,16H,1H3. The molecule has 0 aliphatic rings. The summed E-state index contributed by atoms with van der Waals surface area (Å²) in [6, 6.07) is 16.4. The van der Waals surface area contributed by atoms with Crippen LogP contribution >= 0.6 is 0 Å². The monoisotopic (exact) mass is 232 g/mol. The Labute approximate surface area is 107 Å². The van der Waals surface area contributed by atoms with Crippen molar-refractivity contribution in [2.75, 3.05) is 0 Å². The molecule has 2 nitrogen and oxygen atoms in total. The zero-order chi connectivity index (χ0) is 12.4. The number of hydrogen-bond donors (Lipinski definition) is 0. The van der Waals surface area contributed by atoms with E-state index in [1.165, 1.54) is 5.46 Å². The van der Waals surface area contributed by atoms with Gasteiger partial charge in [-0.1, -0.05) is 54.8 Å². The van der Waals surface area contributed by atoms with E-state index in [0.717, 1.165) is 29.6 Å². The third-order valence-corrected chi connectivity index (χ3v) is 3.08. The molecular weight excluding hydrogens is 219 g/mol. The second-order valence-corrected chi connectivity index (χ2v) is 4.31. The highest BCUT2D eigenvalue weighted by molar-refractivity contribution is 6.52. The van der Waals surface area contributed by atoms with Gasteiger partial charge in [0, 0.05) is 17.1 Å². The first-order chi connectivity index (χ1) is 8.86. The molecule has 0 N–H and O–H groups in total. The first-order valence-corrected chi connectivity index (χ1v) is 6.18. The van der Waals surface area contributed by atoms with Gasteiger partial charge in [-0.25, -0.2) is 9.97 Å². The average molecular weight is 232 g/mol. The Morgan fingerprint density at radius 3 is 2.61 bits per heavy atom. The molecule has 3 aromatic rings. The molecule has 0 saturated carbocycles. The maximum atomic E-state index is 4.61. The van der Waals surface area contributed by atoms with Crippen molar-refractivity contribution in [2.45, 2.75) is 6.82 Å². The van der Waals surface area contributed by atoms with Crippen molar-refractivity contribution in [3.63, 3.8) is 0 Å². The molecule has 0 saturated heterocycles. The number of rotatable bonds is 2. The lowest BCUT2D eigenvalue weighted by molar-refractivity contribution is 1.23. The number of hydrogen-bond acceptors (Lipinski definition) is 2. The largest absolute Gasteiger partial charge is 0.236 e. The van der Waals surface area contributed by atoms with Crippen LogP contribution in [-0.2, 0) is 0 Å². The fourth-order valence-electron chi connectivity index (χ4n) is 2.03. The van der Waals surface area contributed by atoms with Crippen molar-refractivity contribution in [3.8, 4) is 11.4 Å². The Bertz CT molecular complexity index is 680. The van der Waals surface area contributed by atoms with E-state index in [1.807, 2.05) is 36.5 Å². The topological polar surface area (TPSA) is 25.8 Å². The van der Waals surface area contributed by atoms with E-state index < -0.39 is 0 Å². The predicted octanol–water partition coefficient (Wildman–Crippen LogP) is 2.41. The molecule has 0 atom stereocenters. The summed E-state index contributed by atoms with van der Waals surface area (Å²) in [4.78, 5) is 9.05. The van der Waals surface area contributed by atoms with Gasteiger partial charge in [0.15, 0.2) is 13.1 Å². The summed E-state index contributed by atoms with van der Waals surface area (Å²) in [5.74, 6) is 0.785. The molecule has 0 bridgehead atoms. The lowest BCUT2D eigenvalue weighted by atomic mass is 9.73. The Balaban J connectivity index is 2.12. The van der Waals surface area contributed by atoms with Crippen LogP contribution in [-0.4, -0.2) is 17.2 Å². The van der Waals surface area contributed by atoms with Gasteiger partial charge < -0.3 is 0 Å². The minimum absolute atomic E-state index is 0.785. The number of fused-ring (bicyclic) bond motifs is 1. The molecule has 0 radical (unpaired) electrons. The highest BCUT2D eigenvalue weighted by atomic mass is 14.9. The van der Waals surface area contributed by atoms with Gasteiger partial charge in [0.25, 0.3) is 0 Å². The molecular formula is C15H13BN2. The van der Waals surface area contributed by atoms with E-state index >= 15 is 0 Å². The van der Waals surface area contributed by atoms with Crippen LogP contribution in [0.5, 0.6) is 0 Å². The molecule has 2 aromatic carbocycles. The van der Waals surface area contributed by atoms with Crippen LogP contribution in [0.15, 0.2) is 54.7 Å². The fraction of sp³-hybridized carbons (Fsp3) is 0.0667. The first kappa shape index (κ1) is 11.0. The van der Waals surface area contributed by atoms with E-state index in [2.05, 4.69) is 35.0 Å². The highest BCUT2D eigenvalue weighted by Gasteiger charge is 2.03. The zero-order valence-electron chi connectivity index (χ0n) is 10.3. The molecule has 0 amide bonds. The maximum Gasteiger partial charge on any atom is 0.159 e.